The summed E-state index contributed by atoms with van der Waals surface area (Å²) in [5, 5.41) is 3.19. The van der Waals surface area contributed by atoms with Gasteiger partial charge in [0, 0.05) is 23.9 Å². The molecule has 1 fully saturated rings. The van der Waals surface area contributed by atoms with E-state index in [-0.39, 0.29) is 5.78 Å². The minimum absolute atomic E-state index is 0.279. The van der Waals surface area contributed by atoms with E-state index in [1.54, 1.807) is 0 Å². The van der Waals surface area contributed by atoms with Crippen LogP contribution in [0.4, 0.5) is 5.69 Å². The number of carbonyl (C=O) groups is 1. The summed E-state index contributed by atoms with van der Waals surface area (Å²) in [5.74, 6) is 1.16. The third-order valence-corrected chi connectivity index (χ3v) is 3.20. The first-order valence-corrected chi connectivity index (χ1v) is 7.01. The first kappa shape index (κ1) is 13.7. The van der Waals surface area contributed by atoms with E-state index in [0.717, 1.165) is 49.3 Å². The average molecular weight is 259 g/mol. The van der Waals surface area contributed by atoms with Crippen LogP contribution in [0.25, 0.3) is 0 Å². The van der Waals surface area contributed by atoms with Crippen LogP contribution in [0.15, 0.2) is 36.0 Å². The number of ether oxygens (including phenoxy) is 1. The smallest absolute Gasteiger partial charge is 0.160 e. The molecule has 3 nitrogen and oxygen atoms in total. The summed E-state index contributed by atoms with van der Waals surface area (Å²) < 4.78 is 5.52. The number of benzene rings is 1. The third-order valence-electron chi connectivity index (χ3n) is 3.20. The van der Waals surface area contributed by atoms with Crippen molar-refractivity contribution >= 4 is 11.5 Å². The molecule has 0 radical (unpaired) electrons. The first-order valence-electron chi connectivity index (χ1n) is 7.01. The van der Waals surface area contributed by atoms with Crippen molar-refractivity contribution in [1.82, 2.24) is 0 Å². The Labute approximate surface area is 114 Å². The van der Waals surface area contributed by atoms with Crippen molar-refractivity contribution in [3.05, 3.63) is 36.0 Å². The molecule has 1 aliphatic rings. The maximum absolute atomic E-state index is 11.7. The number of hydrogen-bond acceptors (Lipinski definition) is 3. The molecule has 0 bridgehead atoms. The van der Waals surface area contributed by atoms with Crippen LogP contribution in [-0.2, 0) is 4.79 Å². The van der Waals surface area contributed by atoms with Crippen molar-refractivity contribution in [1.29, 1.82) is 0 Å². The lowest BCUT2D eigenvalue weighted by Crippen LogP contribution is -2.09. The fourth-order valence-electron chi connectivity index (χ4n) is 2.09. The molecule has 1 aliphatic carbocycles. The van der Waals surface area contributed by atoms with E-state index >= 15 is 0 Å². The van der Waals surface area contributed by atoms with Gasteiger partial charge >= 0.3 is 0 Å². The first-order chi connectivity index (χ1) is 9.29. The Morgan fingerprint density at radius 3 is 2.63 bits per heavy atom. The zero-order valence-corrected chi connectivity index (χ0v) is 11.4. The molecule has 19 heavy (non-hydrogen) atoms. The topological polar surface area (TPSA) is 38.3 Å². The Balaban J connectivity index is 1.92. The van der Waals surface area contributed by atoms with Crippen molar-refractivity contribution in [2.45, 2.75) is 39.0 Å². The van der Waals surface area contributed by atoms with E-state index in [4.69, 9.17) is 4.74 Å². The molecular weight excluding hydrogens is 238 g/mol. The van der Waals surface area contributed by atoms with E-state index in [0.29, 0.717) is 6.42 Å². The standard InChI is InChI=1S/C16H21NO2/c1-2-11-19-15-9-7-14(8-10-15)17-12-13-5-3-4-6-16(13)18/h7-10,12,17H,2-6,11H2,1H3. The number of rotatable bonds is 5. The van der Waals surface area contributed by atoms with E-state index in [2.05, 4.69) is 12.2 Å². The largest absolute Gasteiger partial charge is 0.494 e. The van der Waals surface area contributed by atoms with Crippen LogP contribution < -0.4 is 10.1 Å². The maximum Gasteiger partial charge on any atom is 0.160 e. The van der Waals surface area contributed by atoms with E-state index in [1.807, 2.05) is 30.5 Å². The lowest BCUT2D eigenvalue weighted by molar-refractivity contribution is -0.116. The highest BCUT2D eigenvalue weighted by Gasteiger charge is 2.14. The van der Waals surface area contributed by atoms with Gasteiger partial charge < -0.3 is 10.1 Å². The zero-order valence-electron chi connectivity index (χ0n) is 11.4. The van der Waals surface area contributed by atoms with Gasteiger partial charge in [0.2, 0.25) is 0 Å². The van der Waals surface area contributed by atoms with Gasteiger partial charge in [0.05, 0.1) is 6.61 Å². The molecule has 1 N–H and O–H groups in total. The number of carbonyl (C=O) groups excluding carboxylic acids is 1. The summed E-state index contributed by atoms with van der Waals surface area (Å²) in [6.45, 7) is 2.83. The number of allylic oxidation sites excluding steroid dienone is 1. The molecule has 0 heterocycles. The van der Waals surface area contributed by atoms with Crippen molar-refractivity contribution in [3.63, 3.8) is 0 Å². The van der Waals surface area contributed by atoms with Gasteiger partial charge in [0.25, 0.3) is 0 Å². The van der Waals surface area contributed by atoms with Gasteiger partial charge in [-0.2, -0.15) is 0 Å². The zero-order chi connectivity index (χ0) is 13.5. The Bertz CT molecular complexity index is 448. The van der Waals surface area contributed by atoms with Crippen LogP contribution in [0.5, 0.6) is 5.75 Å². The lowest BCUT2D eigenvalue weighted by atomic mass is 9.94. The predicted octanol–water partition coefficient (Wildman–Crippen LogP) is 3.91. The van der Waals surface area contributed by atoms with Gasteiger partial charge in [0.15, 0.2) is 5.78 Å². The van der Waals surface area contributed by atoms with Crippen LogP contribution in [0.2, 0.25) is 0 Å². The molecule has 1 aromatic carbocycles. The SMILES string of the molecule is CCCOc1ccc(NC=C2CCCCC2=O)cc1. The quantitative estimate of drug-likeness (QED) is 0.815. The Morgan fingerprint density at radius 1 is 1.21 bits per heavy atom. The normalized spacial score (nSPS) is 17.5. The van der Waals surface area contributed by atoms with E-state index < -0.39 is 0 Å². The van der Waals surface area contributed by atoms with Crippen LogP contribution >= 0.6 is 0 Å². The molecule has 102 valence electrons. The maximum atomic E-state index is 11.7. The summed E-state index contributed by atoms with van der Waals surface area (Å²) in [4.78, 5) is 11.7. The third kappa shape index (κ3) is 4.12. The second-order valence-corrected chi connectivity index (χ2v) is 4.82. The predicted molar refractivity (Wildman–Crippen MR) is 77.4 cm³/mol. The molecule has 2 rings (SSSR count). The van der Waals surface area contributed by atoms with Crippen molar-refractivity contribution in [3.8, 4) is 5.75 Å². The number of Topliss-reactive ketones (excluding diaryl/α,β-unsaturated/α-hetero) is 1. The highest BCUT2D eigenvalue weighted by molar-refractivity contribution is 5.96. The van der Waals surface area contributed by atoms with Crippen LogP contribution in [0.1, 0.15) is 39.0 Å². The molecule has 0 amide bonds. The van der Waals surface area contributed by atoms with Gasteiger partial charge in [-0.1, -0.05) is 6.92 Å². The minimum Gasteiger partial charge on any atom is -0.494 e. The van der Waals surface area contributed by atoms with Crippen LogP contribution in [0, 0.1) is 0 Å². The van der Waals surface area contributed by atoms with Gasteiger partial charge in [0.1, 0.15) is 5.75 Å². The van der Waals surface area contributed by atoms with Crippen molar-refractivity contribution in [2.24, 2.45) is 0 Å². The number of ketones is 1. The van der Waals surface area contributed by atoms with E-state index in [9.17, 15) is 4.79 Å². The molecular formula is C16H21NO2. The fourth-order valence-corrected chi connectivity index (χ4v) is 2.09. The Hall–Kier alpha value is -1.77. The second-order valence-electron chi connectivity index (χ2n) is 4.82. The van der Waals surface area contributed by atoms with Crippen molar-refractivity contribution < 1.29 is 9.53 Å². The summed E-state index contributed by atoms with van der Waals surface area (Å²) in [6, 6.07) is 7.82. The number of nitrogens with one attached hydrogen (secondary N) is 1. The molecule has 1 aromatic rings. The summed E-state index contributed by atoms with van der Waals surface area (Å²) in [5.41, 5.74) is 1.90. The minimum atomic E-state index is 0.279. The van der Waals surface area contributed by atoms with Gasteiger partial charge in [-0.05, 0) is 49.9 Å². The summed E-state index contributed by atoms with van der Waals surface area (Å²) >= 11 is 0. The van der Waals surface area contributed by atoms with Crippen molar-refractivity contribution in [2.75, 3.05) is 11.9 Å². The molecule has 0 spiro atoms. The van der Waals surface area contributed by atoms with E-state index in [1.165, 1.54) is 0 Å². The molecule has 0 unspecified atom stereocenters. The second kappa shape index (κ2) is 6.98. The number of anilines is 1. The van der Waals surface area contributed by atoms with Gasteiger partial charge in [-0.15, -0.1) is 0 Å². The summed E-state index contributed by atoms with van der Waals surface area (Å²) in [6.07, 6.45) is 6.58. The molecule has 0 aliphatic heterocycles. The number of hydrogen-bond donors (Lipinski definition) is 1. The Morgan fingerprint density at radius 2 is 1.95 bits per heavy atom. The molecule has 1 saturated carbocycles. The van der Waals surface area contributed by atoms with Crippen LogP contribution in [-0.4, -0.2) is 12.4 Å². The molecule has 0 aromatic heterocycles. The highest BCUT2D eigenvalue weighted by Crippen LogP contribution is 2.21. The monoisotopic (exact) mass is 259 g/mol. The van der Waals surface area contributed by atoms with Gasteiger partial charge in [-0.25, -0.2) is 0 Å². The van der Waals surface area contributed by atoms with Gasteiger partial charge in [-0.3, -0.25) is 4.79 Å². The fraction of sp³-hybridized carbons (Fsp3) is 0.438. The highest BCUT2D eigenvalue weighted by atomic mass is 16.5. The summed E-state index contributed by atoms with van der Waals surface area (Å²) in [7, 11) is 0. The molecule has 3 heteroatoms. The molecule has 0 atom stereocenters. The lowest BCUT2D eigenvalue weighted by Gasteiger charge is -2.13. The average Bonchev–Trinajstić information content (AvgIpc) is 2.45. The molecule has 0 saturated heterocycles. The Kier molecular flexibility index (Phi) is 5.01. The van der Waals surface area contributed by atoms with Crippen LogP contribution in [0.3, 0.4) is 0 Å².